The topological polar surface area (TPSA) is 41.1 Å². The third-order valence-electron chi connectivity index (χ3n) is 2.95. The van der Waals surface area contributed by atoms with Gasteiger partial charge in [-0.15, -0.1) is 0 Å². The van der Waals surface area contributed by atoms with E-state index in [2.05, 4.69) is 28.8 Å². The highest BCUT2D eigenvalue weighted by molar-refractivity contribution is 5.93. The molecular weight excluding hydrogens is 224 g/mol. The number of amides is 1. The molecule has 18 heavy (non-hydrogen) atoms. The van der Waals surface area contributed by atoms with Crippen molar-refractivity contribution in [1.29, 1.82) is 0 Å². The van der Waals surface area contributed by atoms with Gasteiger partial charge in [-0.05, 0) is 25.0 Å². The SMILES string of the molecule is CNC(=O)C1=CC(C)=CC(Cc2ccccc2)N1. The van der Waals surface area contributed by atoms with E-state index in [1.807, 2.05) is 31.2 Å². The molecule has 1 amide bonds. The van der Waals surface area contributed by atoms with Crippen molar-refractivity contribution < 1.29 is 4.79 Å². The van der Waals surface area contributed by atoms with Crippen LogP contribution in [0.3, 0.4) is 0 Å². The lowest BCUT2D eigenvalue weighted by atomic mass is 10.00. The van der Waals surface area contributed by atoms with E-state index in [0.717, 1.165) is 12.0 Å². The number of hydrogen-bond donors (Lipinski definition) is 2. The molecule has 0 aliphatic carbocycles. The Labute approximate surface area is 108 Å². The predicted octanol–water partition coefficient (Wildman–Crippen LogP) is 1.78. The third kappa shape index (κ3) is 3.00. The summed E-state index contributed by atoms with van der Waals surface area (Å²) in [6, 6.07) is 10.4. The van der Waals surface area contributed by atoms with Crippen molar-refractivity contribution in [2.24, 2.45) is 0 Å². The highest BCUT2D eigenvalue weighted by Crippen LogP contribution is 2.13. The fourth-order valence-electron chi connectivity index (χ4n) is 2.12. The standard InChI is InChI=1S/C15H18N2O/c1-11-8-13(10-12-6-4-3-5-7-12)17-14(9-11)15(18)16-2/h3-9,13,17H,10H2,1-2H3,(H,16,18). The zero-order valence-electron chi connectivity index (χ0n) is 10.7. The number of allylic oxidation sites excluding steroid dienone is 2. The van der Waals surface area contributed by atoms with Crippen molar-refractivity contribution in [2.45, 2.75) is 19.4 Å². The van der Waals surface area contributed by atoms with Crippen LogP contribution < -0.4 is 10.6 Å². The van der Waals surface area contributed by atoms with Crippen LogP contribution in [0.15, 0.2) is 53.8 Å². The largest absolute Gasteiger partial charge is 0.374 e. The number of rotatable bonds is 3. The van der Waals surface area contributed by atoms with Crippen molar-refractivity contribution in [3.8, 4) is 0 Å². The molecular formula is C15H18N2O. The molecule has 0 fully saturated rings. The van der Waals surface area contributed by atoms with Gasteiger partial charge in [-0.25, -0.2) is 0 Å². The van der Waals surface area contributed by atoms with Crippen LogP contribution in [-0.2, 0) is 11.2 Å². The number of nitrogens with one attached hydrogen (secondary N) is 2. The van der Waals surface area contributed by atoms with Gasteiger partial charge in [0.15, 0.2) is 0 Å². The Balaban J connectivity index is 2.09. The Kier molecular flexibility index (Phi) is 3.82. The van der Waals surface area contributed by atoms with Gasteiger partial charge in [0.1, 0.15) is 5.70 Å². The molecule has 1 aromatic carbocycles. The van der Waals surface area contributed by atoms with Crippen molar-refractivity contribution >= 4 is 5.91 Å². The molecule has 1 aromatic rings. The van der Waals surface area contributed by atoms with Crippen molar-refractivity contribution in [3.63, 3.8) is 0 Å². The highest BCUT2D eigenvalue weighted by Gasteiger charge is 2.17. The normalized spacial score (nSPS) is 18.4. The first-order valence-corrected chi connectivity index (χ1v) is 6.11. The summed E-state index contributed by atoms with van der Waals surface area (Å²) in [4.78, 5) is 11.6. The number of benzene rings is 1. The molecule has 1 aliphatic rings. The molecule has 2 N–H and O–H groups in total. The molecule has 1 heterocycles. The fourth-order valence-corrected chi connectivity index (χ4v) is 2.12. The lowest BCUT2D eigenvalue weighted by Crippen LogP contribution is -2.38. The fraction of sp³-hybridized carbons (Fsp3) is 0.267. The predicted molar refractivity (Wildman–Crippen MR) is 73.0 cm³/mol. The Morgan fingerprint density at radius 2 is 2.06 bits per heavy atom. The first-order chi connectivity index (χ1) is 8.69. The van der Waals surface area contributed by atoms with Gasteiger partial charge in [0.25, 0.3) is 5.91 Å². The van der Waals surface area contributed by atoms with Crippen molar-refractivity contribution in [3.05, 3.63) is 59.3 Å². The highest BCUT2D eigenvalue weighted by atomic mass is 16.1. The number of dihydropyridines is 1. The summed E-state index contributed by atoms with van der Waals surface area (Å²) in [5, 5.41) is 5.90. The lowest BCUT2D eigenvalue weighted by Gasteiger charge is -2.22. The quantitative estimate of drug-likeness (QED) is 0.848. The summed E-state index contributed by atoms with van der Waals surface area (Å²) < 4.78 is 0. The molecule has 0 spiro atoms. The molecule has 1 unspecified atom stereocenters. The molecule has 3 heteroatoms. The maximum Gasteiger partial charge on any atom is 0.267 e. The molecule has 0 bridgehead atoms. The lowest BCUT2D eigenvalue weighted by molar-refractivity contribution is -0.117. The molecule has 2 rings (SSSR count). The number of hydrogen-bond acceptors (Lipinski definition) is 2. The minimum Gasteiger partial charge on any atom is -0.374 e. The van der Waals surface area contributed by atoms with E-state index in [0.29, 0.717) is 5.70 Å². The minimum atomic E-state index is -0.0690. The van der Waals surface area contributed by atoms with E-state index in [-0.39, 0.29) is 11.9 Å². The molecule has 94 valence electrons. The summed E-state index contributed by atoms with van der Waals surface area (Å²) in [5.74, 6) is -0.0690. The van der Waals surface area contributed by atoms with Gasteiger partial charge in [0.2, 0.25) is 0 Å². The number of carbonyl (C=O) groups excluding carboxylic acids is 1. The second-order valence-corrected chi connectivity index (χ2v) is 4.49. The van der Waals surface area contributed by atoms with Gasteiger partial charge in [-0.3, -0.25) is 4.79 Å². The molecule has 0 radical (unpaired) electrons. The molecule has 0 saturated carbocycles. The zero-order chi connectivity index (χ0) is 13.0. The average Bonchev–Trinajstić information content (AvgIpc) is 2.38. The molecule has 1 aliphatic heterocycles. The van der Waals surface area contributed by atoms with Crippen LogP contribution in [0.5, 0.6) is 0 Å². The van der Waals surface area contributed by atoms with E-state index in [1.165, 1.54) is 5.56 Å². The van der Waals surface area contributed by atoms with E-state index in [1.54, 1.807) is 7.05 Å². The van der Waals surface area contributed by atoms with Crippen LogP contribution in [0.2, 0.25) is 0 Å². The second-order valence-electron chi connectivity index (χ2n) is 4.49. The van der Waals surface area contributed by atoms with Crippen LogP contribution in [0, 0.1) is 0 Å². The first-order valence-electron chi connectivity index (χ1n) is 6.11. The maximum absolute atomic E-state index is 11.6. The summed E-state index contributed by atoms with van der Waals surface area (Å²) in [5.41, 5.74) is 3.02. The van der Waals surface area contributed by atoms with Gasteiger partial charge >= 0.3 is 0 Å². The van der Waals surface area contributed by atoms with E-state index in [4.69, 9.17) is 0 Å². The van der Waals surface area contributed by atoms with Crippen LogP contribution in [0.25, 0.3) is 0 Å². The van der Waals surface area contributed by atoms with Gasteiger partial charge in [-0.2, -0.15) is 0 Å². The maximum atomic E-state index is 11.6. The molecule has 3 nitrogen and oxygen atoms in total. The van der Waals surface area contributed by atoms with Crippen LogP contribution in [0.1, 0.15) is 12.5 Å². The average molecular weight is 242 g/mol. The molecule has 1 atom stereocenters. The number of carbonyl (C=O) groups is 1. The Morgan fingerprint density at radius 3 is 2.72 bits per heavy atom. The second kappa shape index (κ2) is 5.54. The molecule has 0 aromatic heterocycles. The van der Waals surface area contributed by atoms with Crippen LogP contribution in [0.4, 0.5) is 0 Å². The monoisotopic (exact) mass is 242 g/mol. The van der Waals surface area contributed by atoms with E-state index >= 15 is 0 Å². The van der Waals surface area contributed by atoms with Crippen LogP contribution >= 0.6 is 0 Å². The summed E-state index contributed by atoms with van der Waals surface area (Å²) in [6.45, 7) is 2.02. The van der Waals surface area contributed by atoms with Gasteiger partial charge in [0.05, 0.1) is 0 Å². The van der Waals surface area contributed by atoms with Gasteiger partial charge in [-0.1, -0.05) is 42.0 Å². The first kappa shape index (κ1) is 12.4. The third-order valence-corrected chi connectivity index (χ3v) is 2.95. The summed E-state index contributed by atoms with van der Waals surface area (Å²) >= 11 is 0. The van der Waals surface area contributed by atoms with Crippen LogP contribution in [-0.4, -0.2) is 19.0 Å². The Hall–Kier alpha value is -2.03. The van der Waals surface area contributed by atoms with E-state index in [9.17, 15) is 4.79 Å². The van der Waals surface area contributed by atoms with Gasteiger partial charge < -0.3 is 10.6 Å². The minimum absolute atomic E-state index is 0.0690. The van der Waals surface area contributed by atoms with Crippen molar-refractivity contribution in [1.82, 2.24) is 10.6 Å². The smallest absolute Gasteiger partial charge is 0.267 e. The Morgan fingerprint density at radius 1 is 1.33 bits per heavy atom. The van der Waals surface area contributed by atoms with Crippen molar-refractivity contribution in [2.75, 3.05) is 7.05 Å². The molecule has 0 saturated heterocycles. The zero-order valence-corrected chi connectivity index (χ0v) is 10.7. The van der Waals surface area contributed by atoms with E-state index < -0.39 is 0 Å². The number of likely N-dealkylation sites (N-methyl/N-ethyl adjacent to an activating group) is 1. The van der Waals surface area contributed by atoms with Gasteiger partial charge in [0, 0.05) is 13.1 Å². The summed E-state index contributed by atoms with van der Waals surface area (Å²) in [6.07, 6.45) is 4.91. The summed E-state index contributed by atoms with van der Waals surface area (Å²) in [7, 11) is 1.64. The Bertz CT molecular complexity index is 488.